The number of carbonyl (C=O) groups is 1. The van der Waals surface area contributed by atoms with Crippen LogP contribution in [-0.4, -0.2) is 38.6 Å². The first-order valence-electron chi connectivity index (χ1n) is 9.50. The molecule has 144 valence electrons. The average Bonchev–Trinajstić information content (AvgIpc) is 2.77. The molecular weight excluding hydrogens is 342 g/mol. The Morgan fingerprint density at radius 1 is 1.23 bits per heavy atom. The van der Waals surface area contributed by atoms with Crippen LogP contribution in [-0.2, 0) is 9.16 Å². The topological polar surface area (TPSA) is 38.8 Å². The Kier molecular flexibility index (Phi) is 6.69. The van der Waals surface area contributed by atoms with Gasteiger partial charge in [-0.2, -0.15) is 0 Å². The van der Waals surface area contributed by atoms with Crippen molar-refractivity contribution < 1.29 is 14.0 Å². The van der Waals surface area contributed by atoms with Crippen molar-refractivity contribution in [3.05, 3.63) is 48.0 Å². The van der Waals surface area contributed by atoms with E-state index in [4.69, 9.17) is 9.16 Å². The Morgan fingerprint density at radius 2 is 1.88 bits per heavy atom. The van der Waals surface area contributed by atoms with Gasteiger partial charge in [-0.05, 0) is 37.0 Å². The number of hydrogen-bond donors (Lipinski definition) is 0. The second kappa shape index (κ2) is 8.40. The minimum absolute atomic E-state index is 0.100. The van der Waals surface area contributed by atoms with Crippen LogP contribution < -0.4 is 0 Å². The molecule has 0 spiro atoms. The summed E-state index contributed by atoms with van der Waals surface area (Å²) in [7, 11) is -2.00. The summed E-state index contributed by atoms with van der Waals surface area (Å²) in [5.74, 6) is 0. The van der Waals surface area contributed by atoms with Crippen molar-refractivity contribution in [3.8, 4) is 0 Å². The lowest BCUT2D eigenvalue weighted by atomic mass is 10.0. The molecule has 26 heavy (non-hydrogen) atoms. The van der Waals surface area contributed by atoms with Gasteiger partial charge in [-0.25, -0.2) is 4.79 Å². The quantitative estimate of drug-likeness (QED) is 0.512. The molecule has 0 radical (unpaired) electrons. The van der Waals surface area contributed by atoms with E-state index in [0.29, 0.717) is 13.2 Å². The van der Waals surface area contributed by atoms with Gasteiger partial charge in [0.2, 0.25) is 0 Å². The molecule has 1 aliphatic rings. The molecule has 1 aromatic rings. The van der Waals surface area contributed by atoms with Crippen LogP contribution in [0.3, 0.4) is 0 Å². The summed E-state index contributed by atoms with van der Waals surface area (Å²) < 4.78 is 12.1. The van der Waals surface area contributed by atoms with Crippen molar-refractivity contribution in [1.29, 1.82) is 0 Å². The number of benzene rings is 1. The monoisotopic (exact) mass is 375 g/mol. The molecule has 5 heteroatoms. The first-order chi connectivity index (χ1) is 12.2. The molecule has 1 aliphatic heterocycles. The van der Waals surface area contributed by atoms with E-state index in [2.05, 4.69) is 58.2 Å². The SMILES string of the molecule is CCOC(=O)N1CCC=C[C@@H](O[Si](C)(C)C(C)(C)C)[C@H]1c1ccccc1. The van der Waals surface area contributed by atoms with Crippen molar-refractivity contribution in [2.45, 2.75) is 64.4 Å². The van der Waals surface area contributed by atoms with E-state index in [9.17, 15) is 4.79 Å². The third kappa shape index (κ3) is 4.77. The third-order valence-electron chi connectivity index (χ3n) is 5.39. The van der Waals surface area contributed by atoms with Crippen molar-refractivity contribution in [3.63, 3.8) is 0 Å². The molecule has 0 aromatic heterocycles. The van der Waals surface area contributed by atoms with E-state index in [1.165, 1.54) is 0 Å². The zero-order valence-corrected chi connectivity index (χ0v) is 18.0. The van der Waals surface area contributed by atoms with Gasteiger partial charge in [-0.15, -0.1) is 0 Å². The zero-order valence-electron chi connectivity index (χ0n) is 17.0. The van der Waals surface area contributed by atoms with Crippen molar-refractivity contribution in [2.75, 3.05) is 13.2 Å². The number of hydrogen-bond acceptors (Lipinski definition) is 3. The number of ether oxygens (including phenoxy) is 1. The maximum atomic E-state index is 12.7. The maximum absolute atomic E-state index is 12.7. The lowest BCUT2D eigenvalue weighted by molar-refractivity contribution is 0.0588. The molecule has 1 amide bonds. The van der Waals surface area contributed by atoms with Crippen LogP contribution in [0.5, 0.6) is 0 Å². The molecule has 0 bridgehead atoms. The third-order valence-corrected chi connectivity index (χ3v) is 9.86. The molecule has 0 N–H and O–H groups in total. The van der Waals surface area contributed by atoms with E-state index in [0.717, 1.165) is 12.0 Å². The largest absolute Gasteiger partial charge is 0.450 e. The van der Waals surface area contributed by atoms with Crippen molar-refractivity contribution in [1.82, 2.24) is 4.90 Å². The highest BCUT2D eigenvalue weighted by molar-refractivity contribution is 6.74. The van der Waals surface area contributed by atoms with E-state index < -0.39 is 8.32 Å². The van der Waals surface area contributed by atoms with Crippen LogP contribution in [0, 0.1) is 0 Å². The summed E-state index contributed by atoms with van der Waals surface area (Å²) in [5, 5.41) is 0.100. The number of nitrogens with zero attached hydrogens (tertiary/aromatic N) is 1. The Bertz CT molecular complexity index is 622. The average molecular weight is 376 g/mol. The van der Waals surface area contributed by atoms with Crippen LogP contribution >= 0.6 is 0 Å². The molecule has 2 atom stereocenters. The van der Waals surface area contributed by atoms with Gasteiger partial charge in [-0.3, -0.25) is 4.90 Å². The highest BCUT2D eigenvalue weighted by Crippen LogP contribution is 2.40. The minimum atomic E-state index is -2.00. The number of rotatable bonds is 4. The van der Waals surface area contributed by atoms with Gasteiger partial charge in [0.25, 0.3) is 0 Å². The molecule has 1 aromatic carbocycles. The summed E-state index contributed by atoms with van der Waals surface area (Å²) >= 11 is 0. The number of carbonyl (C=O) groups excluding carboxylic acids is 1. The van der Waals surface area contributed by atoms with Crippen molar-refractivity contribution in [2.24, 2.45) is 0 Å². The predicted molar refractivity (Wildman–Crippen MR) is 109 cm³/mol. The summed E-state index contributed by atoms with van der Waals surface area (Å²) in [6, 6.07) is 9.97. The van der Waals surface area contributed by atoms with Gasteiger partial charge in [0.15, 0.2) is 8.32 Å². The van der Waals surface area contributed by atoms with E-state index in [-0.39, 0.29) is 23.3 Å². The Morgan fingerprint density at radius 3 is 2.46 bits per heavy atom. The van der Waals surface area contributed by atoms with E-state index in [1.807, 2.05) is 30.0 Å². The van der Waals surface area contributed by atoms with Gasteiger partial charge in [-0.1, -0.05) is 63.3 Å². The summed E-state index contributed by atoms with van der Waals surface area (Å²) in [6.45, 7) is 14.1. The van der Waals surface area contributed by atoms with Gasteiger partial charge in [0.05, 0.1) is 18.8 Å². The molecule has 0 saturated carbocycles. The lowest BCUT2D eigenvalue weighted by Crippen LogP contribution is -2.48. The fraction of sp³-hybridized carbons (Fsp3) is 0.571. The summed E-state index contributed by atoms with van der Waals surface area (Å²) in [4.78, 5) is 14.5. The van der Waals surface area contributed by atoms with Gasteiger partial charge >= 0.3 is 6.09 Å². The Balaban J connectivity index is 2.43. The van der Waals surface area contributed by atoms with Gasteiger partial charge < -0.3 is 9.16 Å². The van der Waals surface area contributed by atoms with Gasteiger partial charge in [0.1, 0.15) is 0 Å². The fourth-order valence-corrected chi connectivity index (χ4v) is 4.16. The molecular formula is C21H33NO3Si. The minimum Gasteiger partial charge on any atom is -0.450 e. The van der Waals surface area contributed by atoms with E-state index in [1.54, 1.807) is 0 Å². The molecule has 0 aliphatic carbocycles. The van der Waals surface area contributed by atoms with Crippen LogP contribution in [0.25, 0.3) is 0 Å². The van der Waals surface area contributed by atoms with Crippen LogP contribution in [0.15, 0.2) is 42.5 Å². The maximum Gasteiger partial charge on any atom is 0.410 e. The molecule has 2 rings (SSSR count). The van der Waals surface area contributed by atoms with Crippen LogP contribution in [0.1, 0.15) is 45.7 Å². The summed E-state index contributed by atoms with van der Waals surface area (Å²) in [5.41, 5.74) is 1.08. The molecule has 0 fully saturated rings. The van der Waals surface area contributed by atoms with Crippen molar-refractivity contribution >= 4 is 14.4 Å². The lowest BCUT2D eigenvalue weighted by Gasteiger charge is -2.42. The second-order valence-electron chi connectivity index (χ2n) is 8.31. The van der Waals surface area contributed by atoms with Gasteiger partial charge in [0, 0.05) is 6.54 Å². The van der Waals surface area contributed by atoms with Crippen LogP contribution in [0.4, 0.5) is 4.79 Å². The highest BCUT2D eigenvalue weighted by atomic mass is 28.4. The van der Waals surface area contributed by atoms with Crippen LogP contribution in [0.2, 0.25) is 18.1 Å². The molecule has 4 nitrogen and oxygen atoms in total. The Hall–Kier alpha value is -1.59. The highest BCUT2D eigenvalue weighted by Gasteiger charge is 2.42. The first kappa shape index (κ1) is 20.7. The first-order valence-corrected chi connectivity index (χ1v) is 12.4. The molecule has 1 heterocycles. The second-order valence-corrected chi connectivity index (χ2v) is 13.1. The zero-order chi connectivity index (χ0) is 19.4. The normalized spacial score (nSPS) is 21.4. The number of amides is 1. The Labute approximate surface area is 159 Å². The molecule has 0 unspecified atom stereocenters. The van der Waals surface area contributed by atoms with E-state index >= 15 is 0 Å². The smallest absolute Gasteiger partial charge is 0.410 e. The standard InChI is InChI=1S/C21H33NO3Si/c1-7-24-20(23)22-16-12-11-15-18(25-26(5,6)21(2,3)4)19(22)17-13-9-8-10-14-17/h8-11,13-15,18-19H,7,12,16H2,1-6H3/t18-,19-/m1/s1. The fourth-order valence-electron chi connectivity index (χ4n) is 2.92. The molecule has 0 saturated heterocycles. The predicted octanol–water partition coefficient (Wildman–Crippen LogP) is 5.54. The summed E-state index contributed by atoms with van der Waals surface area (Å²) in [6.07, 6.45) is 4.63.